The lowest BCUT2D eigenvalue weighted by Crippen LogP contribution is -2.26. The van der Waals surface area contributed by atoms with Crippen molar-refractivity contribution >= 4 is 17.5 Å². The largest absolute Gasteiger partial charge is 0.507 e. The van der Waals surface area contributed by atoms with Crippen LogP contribution in [0.5, 0.6) is 11.5 Å². The minimum Gasteiger partial charge on any atom is -0.507 e. The van der Waals surface area contributed by atoms with Gasteiger partial charge in [0, 0.05) is 24.7 Å². The number of amides is 1. The summed E-state index contributed by atoms with van der Waals surface area (Å²) in [5, 5.41) is 27.9. The van der Waals surface area contributed by atoms with Crippen LogP contribution in [0.1, 0.15) is 21.5 Å². The van der Waals surface area contributed by atoms with Gasteiger partial charge < -0.3 is 15.1 Å². The van der Waals surface area contributed by atoms with Crippen LogP contribution in [0.4, 0.5) is 0 Å². The van der Waals surface area contributed by atoms with Crippen molar-refractivity contribution in [2.75, 3.05) is 7.05 Å². The molecule has 0 bridgehead atoms. The number of rotatable bonds is 5. The Morgan fingerprint density at radius 3 is 2.52 bits per heavy atom. The van der Waals surface area contributed by atoms with Crippen LogP contribution in [0.2, 0.25) is 5.02 Å². The molecule has 168 valence electrons. The van der Waals surface area contributed by atoms with Crippen molar-refractivity contribution in [1.82, 2.24) is 19.7 Å². The topological polar surface area (TPSA) is 111 Å². The number of aromatic hydroxyl groups is 2. The van der Waals surface area contributed by atoms with Gasteiger partial charge in [-0.2, -0.15) is 5.10 Å². The average Bonchev–Trinajstić information content (AvgIpc) is 3.16. The number of H-pyrrole nitrogens is 1. The lowest BCUT2D eigenvalue weighted by atomic mass is 10.1. The highest BCUT2D eigenvalue weighted by molar-refractivity contribution is 6.31. The third kappa shape index (κ3) is 4.20. The summed E-state index contributed by atoms with van der Waals surface area (Å²) in [7, 11) is 1.58. The second-order valence-electron chi connectivity index (χ2n) is 7.61. The molecule has 0 radical (unpaired) electrons. The molecule has 3 N–H and O–H groups in total. The number of aromatic amines is 1. The van der Waals surface area contributed by atoms with E-state index in [2.05, 4.69) is 10.2 Å². The number of phenols is 2. The number of hydrogen-bond acceptors (Lipinski definition) is 5. The standard InChI is InChI=1S/C24H21ClN4O4/c1-14-7-3-6-10-19(14)29-22(26-27-24(29)33)16-11-17(21(31)12-20(16)30)23(32)28(2)13-15-8-4-5-9-18(15)25/h3-12,30-31H,13H2,1-2H3,(H,27,33). The Morgan fingerprint density at radius 1 is 1.09 bits per heavy atom. The zero-order valence-corrected chi connectivity index (χ0v) is 18.7. The van der Waals surface area contributed by atoms with Gasteiger partial charge in [-0.1, -0.05) is 48.0 Å². The van der Waals surface area contributed by atoms with E-state index in [0.717, 1.165) is 17.2 Å². The number of hydrogen-bond donors (Lipinski definition) is 3. The van der Waals surface area contributed by atoms with Crippen molar-refractivity contribution in [3.05, 3.63) is 92.9 Å². The maximum Gasteiger partial charge on any atom is 0.348 e. The number of halogens is 1. The lowest BCUT2D eigenvalue weighted by Gasteiger charge is -2.19. The molecule has 1 heterocycles. The molecule has 1 aromatic heterocycles. The predicted octanol–water partition coefficient (Wildman–Crippen LogP) is 3.87. The molecule has 1 amide bonds. The third-order valence-corrected chi connectivity index (χ3v) is 5.69. The van der Waals surface area contributed by atoms with Gasteiger partial charge in [-0.15, -0.1) is 0 Å². The van der Waals surface area contributed by atoms with E-state index in [1.54, 1.807) is 37.4 Å². The van der Waals surface area contributed by atoms with Crippen molar-refractivity contribution in [2.45, 2.75) is 13.5 Å². The first kappa shape index (κ1) is 22.2. The van der Waals surface area contributed by atoms with E-state index >= 15 is 0 Å². The summed E-state index contributed by atoms with van der Waals surface area (Å²) < 4.78 is 1.31. The van der Waals surface area contributed by atoms with E-state index in [4.69, 9.17) is 11.6 Å². The Hall–Kier alpha value is -4.04. The zero-order valence-electron chi connectivity index (χ0n) is 17.9. The van der Waals surface area contributed by atoms with Crippen LogP contribution in [0.3, 0.4) is 0 Å². The molecule has 0 atom stereocenters. The van der Waals surface area contributed by atoms with Crippen LogP contribution in [0, 0.1) is 6.92 Å². The highest BCUT2D eigenvalue weighted by atomic mass is 35.5. The van der Waals surface area contributed by atoms with E-state index < -0.39 is 17.3 Å². The Kier molecular flexibility index (Phi) is 5.93. The van der Waals surface area contributed by atoms with Gasteiger partial charge >= 0.3 is 5.69 Å². The van der Waals surface area contributed by atoms with Crippen molar-refractivity contribution in [3.8, 4) is 28.6 Å². The van der Waals surface area contributed by atoms with Gasteiger partial charge in [0.2, 0.25) is 0 Å². The molecule has 9 heteroatoms. The maximum atomic E-state index is 13.1. The van der Waals surface area contributed by atoms with Crippen LogP contribution in [-0.4, -0.2) is 42.8 Å². The fourth-order valence-corrected chi connectivity index (χ4v) is 3.80. The molecule has 33 heavy (non-hydrogen) atoms. The fraction of sp³-hybridized carbons (Fsp3) is 0.125. The quantitative estimate of drug-likeness (QED) is 0.415. The monoisotopic (exact) mass is 464 g/mol. The third-order valence-electron chi connectivity index (χ3n) is 5.33. The van der Waals surface area contributed by atoms with Crippen LogP contribution in [-0.2, 0) is 6.54 Å². The van der Waals surface area contributed by atoms with Gasteiger partial charge in [0.25, 0.3) is 5.91 Å². The highest BCUT2D eigenvalue weighted by Gasteiger charge is 2.23. The van der Waals surface area contributed by atoms with Crippen LogP contribution < -0.4 is 5.69 Å². The van der Waals surface area contributed by atoms with Gasteiger partial charge in [0.05, 0.1) is 16.8 Å². The smallest absolute Gasteiger partial charge is 0.348 e. The van der Waals surface area contributed by atoms with Gasteiger partial charge in [-0.3, -0.25) is 4.79 Å². The maximum absolute atomic E-state index is 13.1. The second-order valence-corrected chi connectivity index (χ2v) is 8.02. The van der Waals surface area contributed by atoms with Crippen LogP contribution in [0.15, 0.2) is 65.5 Å². The molecule has 0 aliphatic heterocycles. The second kappa shape index (κ2) is 8.84. The first-order chi connectivity index (χ1) is 15.8. The fourth-order valence-electron chi connectivity index (χ4n) is 3.60. The summed E-state index contributed by atoms with van der Waals surface area (Å²) in [6, 6.07) is 16.7. The Labute approximate surface area is 194 Å². The Balaban J connectivity index is 1.77. The Morgan fingerprint density at radius 2 is 1.79 bits per heavy atom. The van der Waals surface area contributed by atoms with Crippen molar-refractivity contribution < 1.29 is 15.0 Å². The molecule has 0 saturated carbocycles. The summed E-state index contributed by atoms with van der Waals surface area (Å²) in [4.78, 5) is 27.1. The summed E-state index contributed by atoms with van der Waals surface area (Å²) in [5.74, 6) is -1.11. The molecule has 0 unspecified atom stereocenters. The minimum absolute atomic E-state index is 0.0517. The zero-order chi connectivity index (χ0) is 23.7. The number of carbonyl (C=O) groups excluding carboxylic acids is 1. The van der Waals surface area contributed by atoms with E-state index in [9.17, 15) is 19.8 Å². The molecule has 0 saturated heterocycles. The van der Waals surface area contributed by atoms with Crippen LogP contribution in [0.25, 0.3) is 17.1 Å². The van der Waals surface area contributed by atoms with Gasteiger partial charge in [0.1, 0.15) is 11.5 Å². The van der Waals surface area contributed by atoms with Crippen LogP contribution >= 0.6 is 11.6 Å². The minimum atomic E-state index is -0.504. The average molecular weight is 465 g/mol. The SMILES string of the molecule is Cc1ccccc1-n1c(-c2cc(C(=O)N(C)Cc3ccccc3Cl)c(O)cc2O)n[nH]c1=O. The molecular weight excluding hydrogens is 444 g/mol. The van der Waals surface area contributed by atoms with E-state index in [0.29, 0.717) is 10.7 Å². The highest BCUT2D eigenvalue weighted by Crippen LogP contribution is 2.35. The van der Waals surface area contributed by atoms with Gasteiger partial charge in [-0.25, -0.2) is 14.5 Å². The van der Waals surface area contributed by atoms with E-state index in [-0.39, 0.29) is 29.2 Å². The number of benzene rings is 3. The first-order valence-electron chi connectivity index (χ1n) is 10.1. The summed E-state index contributed by atoms with van der Waals surface area (Å²) in [5.41, 5.74) is 1.69. The van der Waals surface area contributed by atoms with Crippen molar-refractivity contribution in [1.29, 1.82) is 0 Å². The molecule has 4 aromatic rings. The molecule has 0 aliphatic carbocycles. The number of para-hydroxylation sites is 1. The molecule has 8 nitrogen and oxygen atoms in total. The normalized spacial score (nSPS) is 10.9. The number of aryl methyl sites for hydroxylation is 1. The van der Waals surface area contributed by atoms with E-state index in [1.807, 2.05) is 25.1 Å². The molecule has 0 spiro atoms. The van der Waals surface area contributed by atoms with Gasteiger partial charge in [0.15, 0.2) is 5.82 Å². The molecule has 0 aliphatic rings. The van der Waals surface area contributed by atoms with Gasteiger partial charge in [-0.05, 0) is 36.2 Å². The Bertz CT molecular complexity index is 1410. The number of carbonyl (C=O) groups is 1. The molecular formula is C24H21ClN4O4. The number of nitrogens with zero attached hydrogens (tertiary/aromatic N) is 3. The summed E-state index contributed by atoms with van der Waals surface area (Å²) >= 11 is 6.20. The summed E-state index contributed by atoms with van der Waals surface area (Å²) in [6.45, 7) is 2.05. The van der Waals surface area contributed by atoms with E-state index in [1.165, 1.54) is 15.5 Å². The molecule has 0 fully saturated rings. The number of phenolic OH excluding ortho intramolecular Hbond substituents is 2. The molecule has 4 rings (SSSR count). The van der Waals surface area contributed by atoms with Crippen molar-refractivity contribution in [2.24, 2.45) is 0 Å². The number of aromatic nitrogens is 3. The number of nitrogens with one attached hydrogen (secondary N) is 1. The molecule has 3 aromatic carbocycles. The lowest BCUT2D eigenvalue weighted by molar-refractivity contribution is 0.0782. The predicted molar refractivity (Wildman–Crippen MR) is 125 cm³/mol. The summed E-state index contributed by atoms with van der Waals surface area (Å²) in [6.07, 6.45) is 0. The first-order valence-corrected chi connectivity index (χ1v) is 10.4. The van der Waals surface area contributed by atoms with Crippen molar-refractivity contribution in [3.63, 3.8) is 0 Å².